The smallest absolute Gasteiger partial charge is 0.224 e. The summed E-state index contributed by atoms with van der Waals surface area (Å²) in [5.41, 5.74) is 0.749. The summed E-state index contributed by atoms with van der Waals surface area (Å²) >= 11 is 9.12. The Morgan fingerprint density at radius 1 is 1.26 bits per heavy atom. The number of nitrogens with zero attached hydrogens (tertiary/aromatic N) is 2. The van der Waals surface area contributed by atoms with Crippen molar-refractivity contribution in [3.63, 3.8) is 0 Å². The number of halogens is 2. The van der Waals surface area contributed by atoms with Crippen LogP contribution in [0.2, 0.25) is 5.28 Å². The molecule has 0 aliphatic carbocycles. The molecule has 2 rings (SSSR count). The first-order valence-electron chi connectivity index (χ1n) is 5.31. The van der Waals surface area contributed by atoms with Crippen LogP contribution in [0, 0.1) is 0 Å². The van der Waals surface area contributed by atoms with Crippen molar-refractivity contribution in [2.24, 2.45) is 0 Å². The molecule has 2 aromatic rings. The van der Waals surface area contributed by atoms with Gasteiger partial charge in [-0.2, -0.15) is 4.98 Å². The minimum Gasteiger partial charge on any atom is -0.497 e. The fourth-order valence-corrected chi connectivity index (χ4v) is 1.89. The zero-order valence-corrected chi connectivity index (χ0v) is 12.6. The van der Waals surface area contributed by atoms with Crippen LogP contribution in [-0.4, -0.2) is 24.2 Å². The van der Waals surface area contributed by atoms with Crippen LogP contribution < -0.4 is 14.8 Å². The zero-order valence-electron chi connectivity index (χ0n) is 10.3. The minimum atomic E-state index is 0.165. The fourth-order valence-electron chi connectivity index (χ4n) is 1.46. The van der Waals surface area contributed by atoms with Crippen LogP contribution in [0.25, 0.3) is 0 Å². The van der Waals surface area contributed by atoms with Crippen LogP contribution in [0.15, 0.2) is 28.9 Å². The lowest BCUT2D eigenvalue weighted by atomic mass is 10.2. The molecule has 0 aliphatic rings. The highest BCUT2D eigenvalue weighted by molar-refractivity contribution is 9.10. The fraction of sp³-hybridized carbons (Fsp3) is 0.167. The number of aromatic nitrogens is 2. The lowest BCUT2D eigenvalue weighted by Crippen LogP contribution is -1.99. The molecule has 0 fully saturated rings. The molecule has 1 aromatic heterocycles. The van der Waals surface area contributed by atoms with Crippen molar-refractivity contribution in [2.45, 2.75) is 0 Å². The number of benzene rings is 1. The highest BCUT2D eigenvalue weighted by Crippen LogP contribution is 2.33. The monoisotopic (exact) mass is 343 g/mol. The quantitative estimate of drug-likeness (QED) is 0.858. The second kappa shape index (κ2) is 6.08. The van der Waals surface area contributed by atoms with Crippen LogP contribution in [0.5, 0.6) is 11.5 Å². The number of nitrogens with one attached hydrogen (secondary N) is 1. The summed E-state index contributed by atoms with van der Waals surface area (Å²) in [5, 5.41) is 3.29. The van der Waals surface area contributed by atoms with Gasteiger partial charge in [0.25, 0.3) is 0 Å². The molecule has 7 heteroatoms. The van der Waals surface area contributed by atoms with E-state index in [9.17, 15) is 0 Å². The molecule has 0 atom stereocenters. The van der Waals surface area contributed by atoms with E-state index in [1.165, 1.54) is 0 Å². The Hall–Kier alpha value is -1.53. The van der Waals surface area contributed by atoms with Crippen molar-refractivity contribution in [3.05, 3.63) is 34.2 Å². The summed E-state index contributed by atoms with van der Waals surface area (Å²) in [4.78, 5) is 7.96. The van der Waals surface area contributed by atoms with E-state index in [-0.39, 0.29) is 5.28 Å². The van der Waals surface area contributed by atoms with Crippen LogP contribution >= 0.6 is 27.5 Å². The van der Waals surface area contributed by atoms with Crippen LogP contribution in [0.3, 0.4) is 0 Å². The van der Waals surface area contributed by atoms with Gasteiger partial charge in [-0.25, -0.2) is 4.98 Å². The van der Waals surface area contributed by atoms with Gasteiger partial charge in [0.15, 0.2) is 0 Å². The van der Waals surface area contributed by atoms with Gasteiger partial charge in [-0.1, -0.05) is 0 Å². The Balaban J connectivity index is 2.35. The third kappa shape index (κ3) is 3.27. The van der Waals surface area contributed by atoms with Crippen molar-refractivity contribution in [2.75, 3.05) is 19.5 Å². The summed E-state index contributed by atoms with van der Waals surface area (Å²) in [6, 6.07) is 5.43. The first-order valence-corrected chi connectivity index (χ1v) is 6.48. The molecule has 0 saturated carbocycles. The molecule has 0 radical (unpaired) electrons. The highest BCUT2D eigenvalue weighted by Gasteiger charge is 2.09. The van der Waals surface area contributed by atoms with E-state index >= 15 is 0 Å². The van der Waals surface area contributed by atoms with E-state index < -0.39 is 0 Å². The normalized spacial score (nSPS) is 10.1. The Morgan fingerprint density at radius 3 is 2.74 bits per heavy atom. The number of anilines is 2. The molecule has 1 N–H and O–H groups in total. The van der Waals surface area contributed by atoms with Crippen LogP contribution in [0.1, 0.15) is 0 Å². The molecule has 1 heterocycles. The van der Waals surface area contributed by atoms with Crippen molar-refractivity contribution in [3.8, 4) is 11.5 Å². The number of hydrogen-bond donors (Lipinski definition) is 1. The van der Waals surface area contributed by atoms with Gasteiger partial charge in [0.2, 0.25) is 5.28 Å². The molecule has 0 spiro atoms. The highest BCUT2D eigenvalue weighted by atomic mass is 79.9. The average molecular weight is 345 g/mol. The first-order chi connectivity index (χ1) is 9.13. The van der Waals surface area contributed by atoms with Crippen molar-refractivity contribution < 1.29 is 9.47 Å². The Morgan fingerprint density at radius 2 is 2.05 bits per heavy atom. The summed E-state index contributed by atoms with van der Waals surface area (Å²) in [6.07, 6.45) is 1.58. The summed E-state index contributed by atoms with van der Waals surface area (Å²) in [6.45, 7) is 0. The van der Waals surface area contributed by atoms with E-state index in [4.69, 9.17) is 21.1 Å². The molecule has 19 heavy (non-hydrogen) atoms. The maximum absolute atomic E-state index is 5.77. The Labute approximate surface area is 124 Å². The zero-order chi connectivity index (χ0) is 13.8. The molecule has 0 saturated heterocycles. The molecular formula is C12H11BrClN3O2. The molecule has 0 aliphatic heterocycles. The number of ether oxygens (including phenoxy) is 2. The number of methoxy groups -OCH3 is 2. The standard InChI is InChI=1S/C12H11BrClN3O2/c1-18-7-3-4-9(10(5-7)19-2)16-11-8(13)6-15-12(14)17-11/h3-6H,1-2H3,(H,15,16,17). The largest absolute Gasteiger partial charge is 0.497 e. The van der Waals surface area contributed by atoms with Gasteiger partial charge in [0.1, 0.15) is 17.3 Å². The van der Waals surface area contributed by atoms with Gasteiger partial charge in [0, 0.05) is 12.3 Å². The van der Waals surface area contributed by atoms with Gasteiger partial charge >= 0.3 is 0 Å². The SMILES string of the molecule is COc1ccc(Nc2nc(Cl)ncc2Br)c(OC)c1. The predicted octanol–water partition coefficient (Wildman–Crippen LogP) is 3.65. The third-order valence-corrected chi connectivity index (χ3v) is 3.14. The molecule has 5 nitrogen and oxygen atoms in total. The number of rotatable bonds is 4. The second-order valence-corrected chi connectivity index (χ2v) is 4.72. The van der Waals surface area contributed by atoms with Crippen molar-refractivity contribution >= 4 is 39.0 Å². The molecule has 0 bridgehead atoms. The summed E-state index contributed by atoms with van der Waals surface area (Å²) < 4.78 is 11.1. The minimum absolute atomic E-state index is 0.165. The Kier molecular flexibility index (Phi) is 4.44. The second-order valence-electron chi connectivity index (χ2n) is 3.53. The van der Waals surface area contributed by atoms with Crippen molar-refractivity contribution in [1.29, 1.82) is 0 Å². The van der Waals surface area contributed by atoms with E-state index in [2.05, 4.69) is 31.2 Å². The van der Waals surface area contributed by atoms with Gasteiger partial charge in [-0.15, -0.1) is 0 Å². The molecule has 100 valence electrons. The van der Waals surface area contributed by atoms with Crippen LogP contribution in [0.4, 0.5) is 11.5 Å². The van der Waals surface area contributed by atoms with E-state index in [0.717, 1.165) is 5.69 Å². The summed E-state index contributed by atoms with van der Waals surface area (Å²) in [5.74, 6) is 1.91. The maximum Gasteiger partial charge on any atom is 0.224 e. The van der Waals surface area contributed by atoms with Gasteiger partial charge in [0.05, 0.1) is 24.4 Å². The Bertz CT molecular complexity index is 595. The average Bonchev–Trinajstić information content (AvgIpc) is 2.43. The predicted molar refractivity (Wildman–Crippen MR) is 77.6 cm³/mol. The molecule has 0 amide bonds. The van der Waals surface area contributed by atoms with E-state index in [1.807, 2.05) is 12.1 Å². The third-order valence-electron chi connectivity index (χ3n) is 2.38. The molecule has 0 unspecified atom stereocenters. The van der Waals surface area contributed by atoms with E-state index in [0.29, 0.717) is 21.8 Å². The number of hydrogen-bond acceptors (Lipinski definition) is 5. The van der Waals surface area contributed by atoms with Crippen LogP contribution in [-0.2, 0) is 0 Å². The summed E-state index contributed by atoms with van der Waals surface area (Å²) in [7, 11) is 3.19. The lowest BCUT2D eigenvalue weighted by Gasteiger charge is -2.12. The topological polar surface area (TPSA) is 56.3 Å². The molecule has 1 aromatic carbocycles. The molecular weight excluding hydrogens is 334 g/mol. The maximum atomic E-state index is 5.77. The van der Waals surface area contributed by atoms with Gasteiger partial charge in [-0.05, 0) is 39.7 Å². The lowest BCUT2D eigenvalue weighted by molar-refractivity contribution is 0.395. The first kappa shape index (κ1) is 13.9. The van der Waals surface area contributed by atoms with E-state index in [1.54, 1.807) is 26.5 Å². The van der Waals surface area contributed by atoms with Gasteiger partial charge < -0.3 is 14.8 Å². The van der Waals surface area contributed by atoms with Gasteiger partial charge in [-0.3, -0.25) is 0 Å². The van der Waals surface area contributed by atoms with Crippen molar-refractivity contribution in [1.82, 2.24) is 9.97 Å².